The minimum Gasteiger partial charge on any atom is -0.351 e. The second kappa shape index (κ2) is 6.13. The number of carbonyl (C=O) groups is 1. The van der Waals surface area contributed by atoms with Gasteiger partial charge in [-0.3, -0.25) is 14.9 Å². The Morgan fingerprint density at radius 2 is 2.05 bits per heavy atom. The predicted octanol–water partition coefficient (Wildman–Crippen LogP) is 2.87. The van der Waals surface area contributed by atoms with Gasteiger partial charge in [0.1, 0.15) is 11.4 Å². The maximum Gasteiger partial charge on any atom is 0.305 e. The van der Waals surface area contributed by atoms with Crippen molar-refractivity contribution in [3.8, 4) is 0 Å². The number of alkyl halides is 1. The van der Waals surface area contributed by atoms with Crippen molar-refractivity contribution in [3.05, 3.63) is 39.4 Å². The van der Waals surface area contributed by atoms with Crippen LogP contribution in [0.3, 0.4) is 0 Å². The molecule has 110 valence electrons. The highest BCUT2D eigenvalue weighted by atomic mass is 35.5. The standard InChI is InChI=1S/C12H13ClF2N2O3/c1-12(2,5-13)6-16-11(18)9-7(14)3-4-8(10(9)15)17(19)20/h3-4H,5-6H2,1-2H3,(H,16,18). The molecule has 0 aliphatic heterocycles. The molecular formula is C12H13ClF2N2O3. The molecule has 20 heavy (non-hydrogen) atoms. The summed E-state index contributed by atoms with van der Waals surface area (Å²) in [5, 5.41) is 12.9. The van der Waals surface area contributed by atoms with Crippen LogP contribution in [0.25, 0.3) is 0 Å². The topological polar surface area (TPSA) is 72.2 Å². The summed E-state index contributed by atoms with van der Waals surface area (Å²) in [6.45, 7) is 3.58. The summed E-state index contributed by atoms with van der Waals surface area (Å²) in [7, 11) is 0. The van der Waals surface area contributed by atoms with Gasteiger partial charge >= 0.3 is 5.69 Å². The Kier molecular flexibility index (Phi) is 4.99. The van der Waals surface area contributed by atoms with Crippen molar-refractivity contribution in [2.24, 2.45) is 5.41 Å². The van der Waals surface area contributed by atoms with Crippen LogP contribution in [0.15, 0.2) is 12.1 Å². The Labute approximate surface area is 119 Å². The third-order valence-electron chi connectivity index (χ3n) is 2.58. The van der Waals surface area contributed by atoms with Crippen molar-refractivity contribution in [1.82, 2.24) is 5.32 Å². The molecule has 0 radical (unpaired) electrons. The van der Waals surface area contributed by atoms with Crippen LogP contribution in [0.5, 0.6) is 0 Å². The van der Waals surface area contributed by atoms with Gasteiger partial charge in [0.15, 0.2) is 0 Å². The Morgan fingerprint density at radius 1 is 1.45 bits per heavy atom. The first kappa shape index (κ1) is 16.3. The van der Waals surface area contributed by atoms with Gasteiger partial charge in [0.05, 0.1) is 4.92 Å². The molecule has 0 fully saturated rings. The Balaban J connectivity index is 3.04. The molecule has 1 N–H and O–H groups in total. The van der Waals surface area contributed by atoms with Crippen molar-refractivity contribution in [2.75, 3.05) is 12.4 Å². The number of nitro groups is 1. The zero-order chi connectivity index (χ0) is 15.5. The third-order valence-corrected chi connectivity index (χ3v) is 3.31. The Morgan fingerprint density at radius 3 is 2.55 bits per heavy atom. The second-order valence-corrected chi connectivity index (χ2v) is 5.26. The normalized spacial score (nSPS) is 11.2. The number of rotatable bonds is 5. The number of halogens is 3. The van der Waals surface area contributed by atoms with Gasteiger partial charge in [0, 0.05) is 18.5 Å². The van der Waals surface area contributed by atoms with Gasteiger partial charge < -0.3 is 5.32 Å². The van der Waals surface area contributed by atoms with E-state index in [2.05, 4.69) is 5.32 Å². The molecule has 0 saturated carbocycles. The summed E-state index contributed by atoms with van der Waals surface area (Å²) < 4.78 is 27.3. The highest BCUT2D eigenvalue weighted by Crippen LogP contribution is 2.23. The summed E-state index contributed by atoms with van der Waals surface area (Å²) in [5.41, 5.74) is -2.39. The summed E-state index contributed by atoms with van der Waals surface area (Å²) in [6.07, 6.45) is 0. The van der Waals surface area contributed by atoms with Gasteiger partial charge in [0.25, 0.3) is 5.91 Å². The van der Waals surface area contributed by atoms with E-state index >= 15 is 0 Å². The van der Waals surface area contributed by atoms with Crippen molar-refractivity contribution >= 4 is 23.2 Å². The lowest BCUT2D eigenvalue weighted by atomic mass is 9.96. The van der Waals surface area contributed by atoms with Crippen molar-refractivity contribution in [1.29, 1.82) is 0 Å². The van der Waals surface area contributed by atoms with E-state index in [-0.39, 0.29) is 12.4 Å². The third kappa shape index (κ3) is 3.63. The number of nitro benzene ring substituents is 1. The molecule has 1 aromatic carbocycles. The zero-order valence-electron chi connectivity index (χ0n) is 10.9. The lowest BCUT2D eigenvalue weighted by Gasteiger charge is -2.21. The minimum atomic E-state index is -1.49. The lowest BCUT2D eigenvalue weighted by molar-refractivity contribution is -0.387. The van der Waals surface area contributed by atoms with Gasteiger partial charge in [-0.25, -0.2) is 4.39 Å². The van der Waals surface area contributed by atoms with Crippen LogP contribution < -0.4 is 5.32 Å². The molecule has 0 aromatic heterocycles. The smallest absolute Gasteiger partial charge is 0.305 e. The van der Waals surface area contributed by atoms with Gasteiger partial charge in [-0.05, 0) is 11.5 Å². The van der Waals surface area contributed by atoms with Crippen LogP contribution in [-0.4, -0.2) is 23.3 Å². The largest absolute Gasteiger partial charge is 0.351 e. The molecule has 1 aromatic rings. The summed E-state index contributed by atoms with van der Waals surface area (Å²) in [6, 6.07) is 1.35. The molecule has 5 nitrogen and oxygen atoms in total. The zero-order valence-corrected chi connectivity index (χ0v) is 11.6. The van der Waals surface area contributed by atoms with E-state index in [4.69, 9.17) is 11.6 Å². The first-order valence-electron chi connectivity index (χ1n) is 5.66. The van der Waals surface area contributed by atoms with Crippen LogP contribution in [-0.2, 0) is 0 Å². The van der Waals surface area contributed by atoms with E-state index in [9.17, 15) is 23.7 Å². The maximum atomic E-state index is 13.8. The van der Waals surface area contributed by atoms with Crippen molar-refractivity contribution in [2.45, 2.75) is 13.8 Å². The fourth-order valence-electron chi connectivity index (χ4n) is 1.35. The Hall–Kier alpha value is -1.76. The predicted molar refractivity (Wildman–Crippen MR) is 69.8 cm³/mol. The van der Waals surface area contributed by atoms with Crippen molar-refractivity contribution < 1.29 is 18.5 Å². The summed E-state index contributed by atoms with van der Waals surface area (Å²) in [4.78, 5) is 21.3. The molecule has 0 spiro atoms. The Bertz CT molecular complexity index is 550. The van der Waals surface area contributed by atoms with E-state index in [1.54, 1.807) is 13.8 Å². The number of amides is 1. The first-order chi connectivity index (χ1) is 9.19. The molecule has 0 bridgehead atoms. The van der Waals surface area contributed by atoms with Crippen LogP contribution in [0, 0.1) is 27.2 Å². The van der Waals surface area contributed by atoms with E-state index in [0.717, 1.165) is 0 Å². The maximum absolute atomic E-state index is 13.8. The van der Waals surface area contributed by atoms with Crippen LogP contribution in [0.4, 0.5) is 14.5 Å². The second-order valence-electron chi connectivity index (χ2n) is 4.99. The molecule has 0 aliphatic rings. The van der Waals surface area contributed by atoms with E-state index in [1.165, 1.54) is 0 Å². The average molecular weight is 307 g/mol. The number of benzene rings is 1. The summed E-state index contributed by atoms with van der Waals surface area (Å²) >= 11 is 5.66. The van der Waals surface area contributed by atoms with E-state index in [0.29, 0.717) is 12.1 Å². The van der Waals surface area contributed by atoms with E-state index < -0.39 is 39.1 Å². The van der Waals surface area contributed by atoms with Gasteiger partial charge in [-0.2, -0.15) is 4.39 Å². The molecule has 0 atom stereocenters. The molecule has 0 unspecified atom stereocenters. The minimum absolute atomic E-state index is 0.0803. The van der Waals surface area contributed by atoms with Crippen LogP contribution >= 0.6 is 11.6 Å². The fraction of sp³-hybridized carbons (Fsp3) is 0.417. The molecule has 0 saturated heterocycles. The SMILES string of the molecule is CC(C)(CCl)CNC(=O)c1c(F)ccc([N+](=O)[O-])c1F. The van der Waals surface area contributed by atoms with E-state index in [1.807, 2.05) is 0 Å². The number of hydrogen-bond acceptors (Lipinski definition) is 3. The molecule has 1 amide bonds. The van der Waals surface area contributed by atoms with Gasteiger partial charge in [-0.15, -0.1) is 11.6 Å². The number of carbonyl (C=O) groups excluding carboxylic acids is 1. The number of nitrogens with zero attached hydrogens (tertiary/aromatic N) is 1. The molecule has 0 heterocycles. The van der Waals surface area contributed by atoms with Gasteiger partial charge in [-0.1, -0.05) is 13.8 Å². The number of nitrogens with one attached hydrogen (secondary N) is 1. The fourth-order valence-corrected chi connectivity index (χ4v) is 1.44. The van der Waals surface area contributed by atoms with Crippen molar-refractivity contribution in [3.63, 3.8) is 0 Å². The quantitative estimate of drug-likeness (QED) is 0.516. The summed E-state index contributed by atoms with van der Waals surface area (Å²) in [5.74, 6) is -3.47. The first-order valence-corrected chi connectivity index (χ1v) is 6.19. The highest BCUT2D eigenvalue weighted by molar-refractivity contribution is 6.18. The van der Waals surface area contributed by atoms with Gasteiger partial charge in [0.2, 0.25) is 5.82 Å². The average Bonchev–Trinajstić information content (AvgIpc) is 2.36. The lowest BCUT2D eigenvalue weighted by Crippen LogP contribution is -2.35. The molecule has 1 rings (SSSR count). The monoisotopic (exact) mass is 306 g/mol. The molecule has 0 aliphatic carbocycles. The highest BCUT2D eigenvalue weighted by Gasteiger charge is 2.27. The molecule has 8 heteroatoms. The van der Waals surface area contributed by atoms with Crippen LogP contribution in [0.1, 0.15) is 24.2 Å². The molecular weight excluding hydrogens is 294 g/mol. The number of hydrogen-bond donors (Lipinski definition) is 1. The van der Waals surface area contributed by atoms with Crippen LogP contribution in [0.2, 0.25) is 0 Å².